The van der Waals surface area contributed by atoms with Gasteiger partial charge in [0, 0.05) is 35.6 Å². The van der Waals surface area contributed by atoms with E-state index in [1.165, 1.54) is 0 Å². The summed E-state index contributed by atoms with van der Waals surface area (Å²) in [4.78, 5) is 0.425. The van der Waals surface area contributed by atoms with E-state index in [1.807, 2.05) is 47.3 Å². The maximum Gasteiger partial charge on any atom is 0.104 e. The van der Waals surface area contributed by atoms with Crippen molar-refractivity contribution >= 4 is 33.7 Å². The third kappa shape index (κ3) is 2.87. The molecular weight excluding hydrogens is 280 g/mol. The van der Waals surface area contributed by atoms with Gasteiger partial charge in [0.25, 0.3) is 0 Å². The molecule has 1 heterocycles. The van der Waals surface area contributed by atoms with E-state index < -0.39 is 0 Å². The molecule has 0 radical (unpaired) electrons. The normalized spacial score (nSPS) is 10.7. The lowest BCUT2D eigenvalue weighted by atomic mass is 10.0. The van der Waals surface area contributed by atoms with E-state index >= 15 is 0 Å². The molecule has 2 aromatic carbocycles. The van der Waals surface area contributed by atoms with Crippen molar-refractivity contribution in [1.82, 2.24) is 9.78 Å². The molecule has 3 aromatic rings. The van der Waals surface area contributed by atoms with Crippen LogP contribution >= 0.6 is 12.2 Å². The molecule has 106 valence electrons. The van der Waals surface area contributed by atoms with Gasteiger partial charge in [-0.25, -0.2) is 0 Å². The number of thiocarbonyl (C=S) groups is 1. The van der Waals surface area contributed by atoms with Crippen LogP contribution in [0.3, 0.4) is 0 Å². The van der Waals surface area contributed by atoms with Gasteiger partial charge in [0.1, 0.15) is 4.99 Å². The Kier molecular flexibility index (Phi) is 3.83. The highest BCUT2D eigenvalue weighted by atomic mass is 32.1. The summed E-state index contributed by atoms with van der Waals surface area (Å²) >= 11 is 5.12. The number of fused-ring (bicyclic) bond motifs is 1. The van der Waals surface area contributed by atoms with Crippen LogP contribution in [0.1, 0.15) is 5.56 Å². The topological polar surface area (TPSA) is 55.9 Å². The van der Waals surface area contributed by atoms with Crippen molar-refractivity contribution in [3.05, 3.63) is 60.4 Å². The standard InChI is InChI=1S/C16H16N4S/c17-16(21)14-6-7-15(13-5-2-1-4-12(13)14)18-9-11-20-10-3-8-19-20/h1-8,10,18H,9,11H2,(H2,17,21). The van der Waals surface area contributed by atoms with E-state index in [4.69, 9.17) is 18.0 Å². The molecule has 0 spiro atoms. The molecule has 0 atom stereocenters. The Balaban J connectivity index is 1.85. The van der Waals surface area contributed by atoms with E-state index in [9.17, 15) is 0 Å². The maximum atomic E-state index is 5.79. The van der Waals surface area contributed by atoms with Crippen molar-refractivity contribution in [2.75, 3.05) is 11.9 Å². The summed E-state index contributed by atoms with van der Waals surface area (Å²) in [7, 11) is 0. The van der Waals surface area contributed by atoms with E-state index in [0.717, 1.165) is 35.1 Å². The Morgan fingerprint density at radius 3 is 2.67 bits per heavy atom. The van der Waals surface area contributed by atoms with Crippen LogP contribution in [-0.2, 0) is 6.54 Å². The molecule has 0 saturated heterocycles. The molecule has 1 aromatic heterocycles. The number of hydrogen-bond donors (Lipinski definition) is 2. The van der Waals surface area contributed by atoms with Gasteiger partial charge in [-0.05, 0) is 23.6 Å². The van der Waals surface area contributed by atoms with Crippen LogP contribution < -0.4 is 11.1 Å². The molecule has 21 heavy (non-hydrogen) atoms. The van der Waals surface area contributed by atoms with E-state index in [1.54, 1.807) is 6.20 Å². The van der Waals surface area contributed by atoms with Gasteiger partial charge in [-0.1, -0.05) is 36.5 Å². The molecule has 3 N–H and O–H groups in total. The van der Waals surface area contributed by atoms with Crippen LogP contribution in [0.2, 0.25) is 0 Å². The summed E-state index contributed by atoms with van der Waals surface area (Å²) in [6.45, 7) is 1.62. The van der Waals surface area contributed by atoms with Crippen molar-refractivity contribution in [2.45, 2.75) is 6.54 Å². The number of nitrogens with one attached hydrogen (secondary N) is 1. The Morgan fingerprint density at radius 1 is 1.14 bits per heavy atom. The van der Waals surface area contributed by atoms with Crippen molar-refractivity contribution in [3.8, 4) is 0 Å². The SMILES string of the molecule is NC(=S)c1ccc(NCCn2cccn2)c2ccccc12. The van der Waals surface area contributed by atoms with Crippen LogP contribution in [0.4, 0.5) is 5.69 Å². The molecule has 0 unspecified atom stereocenters. The lowest BCUT2D eigenvalue weighted by Gasteiger charge is -2.12. The lowest BCUT2D eigenvalue weighted by molar-refractivity contribution is 0.638. The van der Waals surface area contributed by atoms with Crippen LogP contribution in [0.25, 0.3) is 10.8 Å². The highest BCUT2D eigenvalue weighted by molar-refractivity contribution is 7.80. The number of anilines is 1. The molecule has 0 bridgehead atoms. The zero-order valence-electron chi connectivity index (χ0n) is 11.5. The fraction of sp³-hybridized carbons (Fsp3) is 0.125. The largest absolute Gasteiger partial charge is 0.389 e. The molecule has 0 aliphatic rings. The number of benzene rings is 2. The molecule has 0 aliphatic heterocycles. The highest BCUT2D eigenvalue weighted by Gasteiger charge is 2.07. The van der Waals surface area contributed by atoms with Crippen molar-refractivity contribution < 1.29 is 0 Å². The average Bonchev–Trinajstić information content (AvgIpc) is 3.00. The third-order valence-corrected chi connectivity index (χ3v) is 3.62. The first-order valence-electron chi connectivity index (χ1n) is 6.78. The Morgan fingerprint density at radius 2 is 1.95 bits per heavy atom. The maximum absolute atomic E-state index is 5.79. The summed E-state index contributed by atoms with van der Waals surface area (Å²) in [6.07, 6.45) is 3.74. The van der Waals surface area contributed by atoms with E-state index in [-0.39, 0.29) is 0 Å². The summed E-state index contributed by atoms with van der Waals surface area (Å²) in [6, 6.07) is 14.1. The first kappa shape index (κ1) is 13.6. The Bertz CT molecular complexity index is 765. The minimum atomic E-state index is 0.425. The monoisotopic (exact) mass is 296 g/mol. The van der Waals surface area contributed by atoms with Crippen molar-refractivity contribution in [3.63, 3.8) is 0 Å². The minimum Gasteiger partial charge on any atom is -0.389 e. The van der Waals surface area contributed by atoms with E-state index in [0.29, 0.717) is 4.99 Å². The van der Waals surface area contributed by atoms with Crippen molar-refractivity contribution in [2.24, 2.45) is 5.73 Å². The second kappa shape index (κ2) is 5.93. The van der Waals surface area contributed by atoms with Crippen LogP contribution in [0.15, 0.2) is 54.9 Å². The molecule has 4 nitrogen and oxygen atoms in total. The highest BCUT2D eigenvalue weighted by Crippen LogP contribution is 2.26. The number of rotatable bonds is 5. The third-order valence-electron chi connectivity index (χ3n) is 3.41. The van der Waals surface area contributed by atoms with Crippen LogP contribution in [-0.4, -0.2) is 21.3 Å². The predicted molar refractivity (Wildman–Crippen MR) is 90.6 cm³/mol. The average molecular weight is 296 g/mol. The number of nitrogens with zero attached hydrogens (tertiary/aromatic N) is 2. The molecule has 3 rings (SSSR count). The summed E-state index contributed by atoms with van der Waals surface area (Å²) < 4.78 is 1.90. The van der Waals surface area contributed by atoms with Crippen LogP contribution in [0.5, 0.6) is 0 Å². The van der Waals surface area contributed by atoms with Gasteiger partial charge in [0.15, 0.2) is 0 Å². The van der Waals surface area contributed by atoms with Gasteiger partial charge in [-0.3, -0.25) is 4.68 Å². The summed E-state index contributed by atoms with van der Waals surface area (Å²) in [5.74, 6) is 0. The zero-order valence-corrected chi connectivity index (χ0v) is 12.3. The van der Waals surface area contributed by atoms with Gasteiger partial charge in [0.2, 0.25) is 0 Å². The van der Waals surface area contributed by atoms with E-state index in [2.05, 4.69) is 16.5 Å². The molecule has 0 saturated carbocycles. The van der Waals surface area contributed by atoms with Gasteiger partial charge >= 0.3 is 0 Å². The number of hydrogen-bond acceptors (Lipinski definition) is 3. The molecule has 0 amide bonds. The summed E-state index contributed by atoms with van der Waals surface area (Å²) in [5.41, 5.74) is 7.79. The lowest BCUT2D eigenvalue weighted by Crippen LogP contribution is -2.13. The fourth-order valence-electron chi connectivity index (χ4n) is 2.41. The van der Waals surface area contributed by atoms with Crippen LogP contribution in [0, 0.1) is 0 Å². The Labute approximate surface area is 128 Å². The molecule has 0 aliphatic carbocycles. The summed E-state index contributed by atoms with van der Waals surface area (Å²) in [5, 5.41) is 9.84. The van der Waals surface area contributed by atoms with Gasteiger partial charge in [0.05, 0.1) is 6.54 Å². The zero-order chi connectivity index (χ0) is 14.7. The second-order valence-electron chi connectivity index (χ2n) is 4.77. The number of nitrogens with two attached hydrogens (primary N) is 1. The molecular formula is C16H16N4S. The fourth-order valence-corrected chi connectivity index (χ4v) is 2.58. The van der Waals surface area contributed by atoms with Gasteiger partial charge in [-0.2, -0.15) is 5.10 Å². The molecule has 5 heteroatoms. The number of aromatic nitrogens is 2. The first-order chi connectivity index (χ1) is 10.3. The minimum absolute atomic E-state index is 0.425. The Hall–Kier alpha value is -2.40. The van der Waals surface area contributed by atoms with Gasteiger partial charge < -0.3 is 11.1 Å². The quantitative estimate of drug-likeness (QED) is 0.711. The van der Waals surface area contributed by atoms with Gasteiger partial charge in [-0.15, -0.1) is 0 Å². The predicted octanol–water partition coefficient (Wildman–Crippen LogP) is 2.78. The molecule has 0 fully saturated rings. The van der Waals surface area contributed by atoms with Crippen molar-refractivity contribution in [1.29, 1.82) is 0 Å². The first-order valence-corrected chi connectivity index (χ1v) is 7.19. The smallest absolute Gasteiger partial charge is 0.104 e. The second-order valence-corrected chi connectivity index (χ2v) is 5.21.